The number of halogens is 1. The fourth-order valence-corrected chi connectivity index (χ4v) is 1.56. The average molecular weight is 255 g/mol. The molecule has 0 saturated heterocycles. The maximum Gasteiger partial charge on any atom is 0.170 e. The Kier molecular flexibility index (Phi) is 5.54. The number of nitrogens with zero attached hydrogens (tertiary/aromatic N) is 1. The van der Waals surface area contributed by atoms with Crippen molar-refractivity contribution in [3.8, 4) is 0 Å². The molecule has 0 aliphatic carbocycles. The molecule has 18 heavy (non-hydrogen) atoms. The van der Waals surface area contributed by atoms with Crippen LogP contribution in [-0.4, -0.2) is 28.8 Å². The summed E-state index contributed by atoms with van der Waals surface area (Å²) < 4.78 is 13.3. The van der Waals surface area contributed by atoms with Crippen LogP contribution < -0.4 is 11.1 Å². The van der Waals surface area contributed by atoms with Gasteiger partial charge in [0.1, 0.15) is 5.82 Å². The highest BCUT2D eigenvalue weighted by atomic mass is 19.1. The Balaban J connectivity index is 2.80. The number of hydrogen-bond donors (Lipinski definition) is 4. The van der Waals surface area contributed by atoms with Gasteiger partial charge in [-0.3, -0.25) is 0 Å². The largest absolute Gasteiger partial charge is 0.409 e. The maximum absolute atomic E-state index is 13.3. The zero-order chi connectivity index (χ0) is 13.5. The maximum atomic E-state index is 13.3. The molecule has 0 aliphatic rings. The number of aliphatic hydroxyl groups excluding tert-OH is 1. The van der Waals surface area contributed by atoms with Crippen LogP contribution >= 0.6 is 0 Å². The van der Waals surface area contributed by atoms with E-state index in [2.05, 4.69) is 10.5 Å². The molecule has 0 aliphatic heterocycles. The van der Waals surface area contributed by atoms with Crippen LogP contribution in [-0.2, 0) is 6.54 Å². The van der Waals surface area contributed by atoms with Gasteiger partial charge in [-0.15, -0.1) is 0 Å². The monoisotopic (exact) mass is 255 g/mol. The molecule has 0 radical (unpaired) electrons. The van der Waals surface area contributed by atoms with Crippen LogP contribution in [0.15, 0.2) is 23.4 Å². The number of oxime groups is 1. The van der Waals surface area contributed by atoms with Gasteiger partial charge in [-0.05, 0) is 30.2 Å². The third kappa shape index (κ3) is 3.97. The smallest absolute Gasteiger partial charge is 0.170 e. The Labute approximate surface area is 105 Å². The average Bonchev–Trinajstić information content (AvgIpc) is 2.38. The third-order valence-corrected chi connectivity index (χ3v) is 2.67. The molecule has 0 bridgehead atoms. The molecule has 0 fully saturated rings. The summed E-state index contributed by atoms with van der Waals surface area (Å²) in [6.45, 7) is 2.38. The highest BCUT2D eigenvalue weighted by molar-refractivity contribution is 5.97. The fraction of sp³-hybridized carbons (Fsp3) is 0.417. The van der Waals surface area contributed by atoms with E-state index in [0.717, 1.165) is 6.42 Å². The van der Waals surface area contributed by atoms with E-state index in [1.54, 1.807) is 6.07 Å². The van der Waals surface area contributed by atoms with Crippen molar-refractivity contribution in [1.82, 2.24) is 5.32 Å². The Morgan fingerprint density at radius 1 is 1.50 bits per heavy atom. The molecular formula is C12H18FN3O2. The van der Waals surface area contributed by atoms with Crippen LogP contribution in [0, 0.1) is 5.82 Å². The molecule has 1 aromatic rings. The Morgan fingerprint density at radius 2 is 2.22 bits per heavy atom. The third-order valence-electron chi connectivity index (χ3n) is 2.67. The van der Waals surface area contributed by atoms with Crippen molar-refractivity contribution < 1.29 is 14.7 Å². The summed E-state index contributed by atoms with van der Waals surface area (Å²) in [6.07, 6.45) is 0.777. The van der Waals surface area contributed by atoms with Gasteiger partial charge in [0.15, 0.2) is 5.84 Å². The van der Waals surface area contributed by atoms with Crippen molar-refractivity contribution in [2.45, 2.75) is 25.9 Å². The van der Waals surface area contributed by atoms with Crippen LogP contribution in [0.1, 0.15) is 24.5 Å². The van der Waals surface area contributed by atoms with E-state index in [-0.39, 0.29) is 18.5 Å². The van der Waals surface area contributed by atoms with Gasteiger partial charge in [0.05, 0.1) is 6.61 Å². The molecule has 5 nitrogen and oxygen atoms in total. The molecule has 0 amide bonds. The molecule has 0 saturated carbocycles. The minimum absolute atomic E-state index is 0.0267. The first-order valence-electron chi connectivity index (χ1n) is 5.72. The summed E-state index contributed by atoms with van der Waals surface area (Å²) in [7, 11) is 0. The highest BCUT2D eigenvalue weighted by Gasteiger charge is 2.07. The van der Waals surface area contributed by atoms with Crippen LogP contribution in [0.25, 0.3) is 0 Å². The van der Waals surface area contributed by atoms with E-state index in [1.165, 1.54) is 12.1 Å². The molecule has 0 aromatic heterocycles. The lowest BCUT2D eigenvalue weighted by molar-refractivity contribution is 0.238. The molecule has 0 heterocycles. The van der Waals surface area contributed by atoms with E-state index >= 15 is 0 Å². The van der Waals surface area contributed by atoms with Crippen molar-refractivity contribution in [3.63, 3.8) is 0 Å². The summed E-state index contributed by atoms with van der Waals surface area (Å²) in [6, 6.07) is 4.17. The van der Waals surface area contributed by atoms with Gasteiger partial charge in [0, 0.05) is 18.2 Å². The van der Waals surface area contributed by atoms with Gasteiger partial charge in [-0.1, -0.05) is 12.1 Å². The van der Waals surface area contributed by atoms with E-state index < -0.39 is 5.82 Å². The second-order valence-corrected chi connectivity index (χ2v) is 4.00. The molecule has 5 N–H and O–H groups in total. The molecule has 100 valence electrons. The van der Waals surface area contributed by atoms with Crippen LogP contribution in [0.2, 0.25) is 0 Å². The Bertz CT molecular complexity index is 420. The van der Waals surface area contributed by atoms with Crippen LogP contribution in [0.3, 0.4) is 0 Å². The number of amidine groups is 1. The number of hydrogen-bond acceptors (Lipinski definition) is 4. The summed E-state index contributed by atoms with van der Waals surface area (Å²) in [5, 5.41) is 23.5. The van der Waals surface area contributed by atoms with Gasteiger partial charge >= 0.3 is 0 Å². The van der Waals surface area contributed by atoms with Gasteiger partial charge in [0.25, 0.3) is 0 Å². The molecule has 0 spiro atoms. The lowest BCUT2D eigenvalue weighted by Gasteiger charge is -2.14. The highest BCUT2D eigenvalue weighted by Crippen LogP contribution is 2.09. The lowest BCUT2D eigenvalue weighted by Crippen LogP contribution is -2.31. The van der Waals surface area contributed by atoms with Crippen LogP contribution in [0.4, 0.5) is 4.39 Å². The first-order chi connectivity index (χ1) is 8.60. The zero-order valence-corrected chi connectivity index (χ0v) is 10.2. The number of rotatable bonds is 6. The summed E-state index contributed by atoms with van der Waals surface area (Å²) in [5.74, 6) is -0.585. The second-order valence-electron chi connectivity index (χ2n) is 4.00. The SMILES string of the molecule is CCC(CO)NCc1cc(F)cc(/C(N)=N/O)c1. The number of aliphatic hydroxyl groups is 1. The molecule has 1 aromatic carbocycles. The van der Waals surface area contributed by atoms with E-state index in [4.69, 9.17) is 16.0 Å². The van der Waals surface area contributed by atoms with Crippen molar-refractivity contribution in [2.24, 2.45) is 10.9 Å². The minimum atomic E-state index is -0.451. The normalized spacial score (nSPS) is 13.6. The zero-order valence-electron chi connectivity index (χ0n) is 10.2. The lowest BCUT2D eigenvalue weighted by atomic mass is 10.1. The quantitative estimate of drug-likeness (QED) is 0.262. The predicted octanol–water partition coefficient (Wildman–Crippen LogP) is 0.781. The second kappa shape index (κ2) is 6.93. The Hall–Kier alpha value is -1.66. The molecule has 1 rings (SSSR count). The molecular weight excluding hydrogens is 237 g/mol. The van der Waals surface area contributed by atoms with Gasteiger partial charge in [0.2, 0.25) is 0 Å². The van der Waals surface area contributed by atoms with Crippen molar-refractivity contribution >= 4 is 5.84 Å². The van der Waals surface area contributed by atoms with Crippen molar-refractivity contribution in [1.29, 1.82) is 0 Å². The number of benzene rings is 1. The van der Waals surface area contributed by atoms with Gasteiger partial charge in [-0.25, -0.2) is 4.39 Å². The molecule has 1 atom stereocenters. The van der Waals surface area contributed by atoms with E-state index in [0.29, 0.717) is 17.7 Å². The predicted molar refractivity (Wildman–Crippen MR) is 66.9 cm³/mol. The summed E-state index contributed by atoms with van der Waals surface area (Å²) >= 11 is 0. The first-order valence-corrected chi connectivity index (χ1v) is 5.72. The van der Waals surface area contributed by atoms with Gasteiger partial charge < -0.3 is 21.4 Å². The molecule has 1 unspecified atom stereocenters. The number of nitrogens with one attached hydrogen (secondary N) is 1. The topological polar surface area (TPSA) is 90.9 Å². The molecule has 6 heteroatoms. The number of nitrogens with two attached hydrogens (primary N) is 1. The standard InChI is InChI=1S/C12H18FN3O2/c1-2-11(7-17)15-6-8-3-9(12(14)16-18)5-10(13)4-8/h3-5,11,15,17-18H,2,6-7H2,1H3,(H2,14,16). The van der Waals surface area contributed by atoms with Crippen LogP contribution in [0.5, 0.6) is 0 Å². The van der Waals surface area contributed by atoms with E-state index in [9.17, 15) is 4.39 Å². The first kappa shape index (κ1) is 14.4. The fourth-order valence-electron chi connectivity index (χ4n) is 1.56. The summed E-state index contributed by atoms with van der Waals surface area (Å²) in [4.78, 5) is 0. The Morgan fingerprint density at radius 3 is 2.78 bits per heavy atom. The minimum Gasteiger partial charge on any atom is -0.409 e. The van der Waals surface area contributed by atoms with Crippen molar-refractivity contribution in [2.75, 3.05) is 6.61 Å². The van der Waals surface area contributed by atoms with Crippen molar-refractivity contribution in [3.05, 3.63) is 35.1 Å². The van der Waals surface area contributed by atoms with Gasteiger partial charge in [-0.2, -0.15) is 0 Å². The van der Waals surface area contributed by atoms with E-state index in [1.807, 2.05) is 6.92 Å². The summed E-state index contributed by atoms with van der Waals surface area (Å²) in [5.41, 5.74) is 6.41.